The maximum absolute atomic E-state index is 13.2. The number of hydrogen-bond donors (Lipinski definition) is 0. The lowest BCUT2D eigenvalue weighted by Crippen LogP contribution is -2.37. The second kappa shape index (κ2) is 16.5. The summed E-state index contributed by atoms with van der Waals surface area (Å²) in [4.78, 5) is 39.7. The van der Waals surface area contributed by atoms with Gasteiger partial charge < -0.3 is 47.4 Å². The Morgan fingerprint density at radius 1 is 0.479 bits per heavy atom. The van der Waals surface area contributed by atoms with Gasteiger partial charge in [0, 0.05) is 0 Å². The van der Waals surface area contributed by atoms with Crippen LogP contribution in [0.15, 0.2) is 36.4 Å². The fraction of sp³-hybridized carbons (Fsp3) is 0.400. The number of esters is 3. The lowest BCUT2D eigenvalue weighted by molar-refractivity contribution is -0.0288. The van der Waals surface area contributed by atoms with Gasteiger partial charge in [0.15, 0.2) is 23.0 Å². The highest BCUT2D eigenvalue weighted by Crippen LogP contribution is 2.39. The summed E-state index contributed by atoms with van der Waals surface area (Å²) in [6.07, 6.45) is 0. The zero-order chi connectivity index (χ0) is 35.6. The van der Waals surface area contributed by atoms with Gasteiger partial charge in [-0.05, 0) is 68.3 Å². The van der Waals surface area contributed by atoms with Crippen LogP contribution in [0.5, 0.6) is 40.2 Å². The maximum Gasteiger partial charge on any atom is 0.338 e. The Hall–Kier alpha value is -5.33. The summed E-state index contributed by atoms with van der Waals surface area (Å²) in [6, 6.07) is 9.04. The SMILES string of the molecule is COc1cc(C(=O)OCC(C)(COC(=O)c2cc(OC)c(OC)c(OC)c2)COC(=O)c2cc(OC)c(OC)c(OC)c2)cc(C)c1C. The molecule has 3 aromatic rings. The van der Waals surface area contributed by atoms with E-state index in [0.29, 0.717) is 17.2 Å². The van der Waals surface area contributed by atoms with Crippen molar-refractivity contribution in [3.8, 4) is 40.2 Å². The minimum atomic E-state index is -1.20. The molecule has 13 nitrogen and oxygen atoms in total. The van der Waals surface area contributed by atoms with Crippen LogP contribution in [0.25, 0.3) is 0 Å². The van der Waals surface area contributed by atoms with E-state index in [-0.39, 0.29) is 59.5 Å². The largest absolute Gasteiger partial charge is 0.496 e. The van der Waals surface area contributed by atoms with Gasteiger partial charge in [0.1, 0.15) is 25.6 Å². The van der Waals surface area contributed by atoms with Crippen LogP contribution in [-0.4, -0.2) is 87.5 Å². The molecule has 0 unspecified atom stereocenters. The van der Waals surface area contributed by atoms with E-state index >= 15 is 0 Å². The van der Waals surface area contributed by atoms with Crippen LogP contribution in [0.4, 0.5) is 0 Å². The number of benzene rings is 3. The van der Waals surface area contributed by atoms with E-state index in [1.165, 1.54) is 74.0 Å². The first-order chi connectivity index (χ1) is 22.9. The summed E-state index contributed by atoms with van der Waals surface area (Å²) >= 11 is 0. The minimum Gasteiger partial charge on any atom is -0.496 e. The number of aryl methyl sites for hydroxylation is 1. The van der Waals surface area contributed by atoms with E-state index in [9.17, 15) is 14.4 Å². The predicted octanol–water partition coefficient (Wildman–Crippen LogP) is 5.24. The van der Waals surface area contributed by atoms with Crippen LogP contribution in [0, 0.1) is 19.3 Å². The molecule has 0 aliphatic carbocycles. The Morgan fingerprint density at radius 2 is 0.771 bits per heavy atom. The summed E-state index contributed by atoms with van der Waals surface area (Å²) in [5, 5.41) is 0. The standard InChI is InChI=1S/C35H42O13/c1-20-11-22(12-25(39-4)21(20)2)32(36)46-17-35(3,18-47-33(37)23-13-26(40-5)30(44-9)27(14-23)41-6)19-48-34(38)24-15-28(42-7)31(45-10)29(16-24)43-8/h11-16H,17-19H2,1-10H3. The van der Waals surface area contributed by atoms with Crippen LogP contribution in [0.2, 0.25) is 0 Å². The highest BCUT2D eigenvalue weighted by atomic mass is 16.6. The fourth-order valence-electron chi connectivity index (χ4n) is 4.65. The first kappa shape index (κ1) is 37.1. The molecule has 0 radical (unpaired) electrons. The maximum atomic E-state index is 13.2. The molecule has 48 heavy (non-hydrogen) atoms. The first-order valence-corrected chi connectivity index (χ1v) is 14.7. The second-order valence-electron chi connectivity index (χ2n) is 11.0. The molecule has 0 aromatic heterocycles. The summed E-state index contributed by atoms with van der Waals surface area (Å²) < 4.78 is 54.5. The van der Waals surface area contributed by atoms with Gasteiger partial charge >= 0.3 is 17.9 Å². The van der Waals surface area contributed by atoms with Crippen LogP contribution in [0.1, 0.15) is 49.1 Å². The van der Waals surface area contributed by atoms with E-state index in [0.717, 1.165) is 11.1 Å². The molecule has 3 rings (SSSR count). The first-order valence-electron chi connectivity index (χ1n) is 14.7. The van der Waals surface area contributed by atoms with Crippen LogP contribution < -0.4 is 33.2 Å². The minimum absolute atomic E-state index is 0.112. The molecule has 0 saturated carbocycles. The molecule has 13 heteroatoms. The molecule has 0 aliphatic heterocycles. The van der Waals surface area contributed by atoms with Crippen molar-refractivity contribution in [2.24, 2.45) is 5.41 Å². The topological polar surface area (TPSA) is 144 Å². The van der Waals surface area contributed by atoms with Crippen molar-refractivity contribution in [1.82, 2.24) is 0 Å². The molecule has 0 aliphatic rings. The number of rotatable bonds is 16. The lowest BCUT2D eigenvalue weighted by atomic mass is 9.94. The normalized spacial score (nSPS) is 10.8. The van der Waals surface area contributed by atoms with Gasteiger partial charge in [0.2, 0.25) is 11.5 Å². The van der Waals surface area contributed by atoms with Gasteiger partial charge in [-0.2, -0.15) is 0 Å². The van der Waals surface area contributed by atoms with Gasteiger partial charge in [-0.15, -0.1) is 0 Å². The van der Waals surface area contributed by atoms with Crippen LogP contribution >= 0.6 is 0 Å². The quantitative estimate of drug-likeness (QED) is 0.145. The molecule has 0 atom stereocenters. The highest BCUT2D eigenvalue weighted by Gasteiger charge is 2.32. The molecule has 0 saturated heterocycles. The van der Waals surface area contributed by atoms with Gasteiger partial charge in [0.25, 0.3) is 0 Å². The van der Waals surface area contributed by atoms with Crippen molar-refractivity contribution < 1.29 is 61.8 Å². The van der Waals surface area contributed by atoms with Crippen LogP contribution in [0.3, 0.4) is 0 Å². The van der Waals surface area contributed by atoms with Gasteiger partial charge in [-0.25, -0.2) is 14.4 Å². The van der Waals surface area contributed by atoms with Crippen LogP contribution in [-0.2, 0) is 14.2 Å². The zero-order valence-electron chi connectivity index (χ0n) is 28.9. The number of methoxy groups -OCH3 is 7. The smallest absolute Gasteiger partial charge is 0.338 e. The Bertz CT molecular complexity index is 1500. The fourth-order valence-corrected chi connectivity index (χ4v) is 4.65. The van der Waals surface area contributed by atoms with Crippen molar-refractivity contribution in [2.45, 2.75) is 20.8 Å². The Balaban J connectivity index is 1.88. The van der Waals surface area contributed by atoms with E-state index < -0.39 is 23.3 Å². The highest BCUT2D eigenvalue weighted by molar-refractivity contribution is 5.92. The van der Waals surface area contributed by atoms with Gasteiger partial charge in [-0.3, -0.25) is 0 Å². The average molecular weight is 671 g/mol. The average Bonchev–Trinajstić information content (AvgIpc) is 3.11. The van der Waals surface area contributed by atoms with Crippen molar-refractivity contribution in [3.05, 3.63) is 64.2 Å². The number of carbonyl (C=O) groups excluding carboxylic acids is 3. The Morgan fingerprint density at radius 3 is 1.06 bits per heavy atom. The number of ether oxygens (including phenoxy) is 10. The molecule has 260 valence electrons. The lowest BCUT2D eigenvalue weighted by Gasteiger charge is -2.28. The molecule has 0 N–H and O–H groups in total. The molecule has 0 heterocycles. The third kappa shape index (κ3) is 8.52. The zero-order valence-corrected chi connectivity index (χ0v) is 28.9. The molecule has 0 spiro atoms. The predicted molar refractivity (Wildman–Crippen MR) is 174 cm³/mol. The number of hydrogen-bond acceptors (Lipinski definition) is 13. The summed E-state index contributed by atoms with van der Waals surface area (Å²) in [5.41, 5.74) is 1.01. The van der Waals surface area contributed by atoms with E-state index in [1.54, 1.807) is 19.1 Å². The van der Waals surface area contributed by atoms with Gasteiger partial charge in [0.05, 0.1) is 71.9 Å². The third-order valence-electron chi connectivity index (χ3n) is 7.53. The van der Waals surface area contributed by atoms with E-state index in [4.69, 9.17) is 47.4 Å². The van der Waals surface area contributed by atoms with E-state index in [2.05, 4.69) is 0 Å². The van der Waals surface area contributed by atoms with Crippen molar-refractivity contribution in [2.75, 3.05) is 69.6 Å². The van der Waals surface area contributed by atoms with E-state index in [1.807, 2.05) is 13.8 Å². The van der Waals surface area contributed by atoms with Crippen molar-refractivity contribution >= 4 is 17.9 Å². The molecular formula is C35H42O13. The van der Waals surface area contributed by atoms with Crippen molar-refractivity contribution in [3.63, 3.8) is 0 Å². The number of carbonyl (C=O) groups is 3. The second-order valence-corrected chi connectivity index (χ2v) is 11.0. The molecule has 0 bridgehead atoms. The molecule has 0 fully saturated rings. The molecule has 3 aromatic carbocycles. The summed E-state index contributed by atoms with van der Waals surface area (Å²) in [6.45, 7) is 4.47. The summed E-state index contributed by atoms with van der Waals surface area (Å²) in [5.74, 6) is 0.0328. The van der Waals surface area contributed by atoms with Crippen molar-refractivity contribution in [1.29, 1.82) is 0 Å². The Kier molecular flexibility index (Phi) is 12.7. The monoisotopic (exact) mass is 670 g/mol. The Labute approximate surface area is 279 Å². The molecular weight excluding hydrogens is 628 g/mol. The third-order valence-corrected chi connectivity index (χ3v) is 7.53. The van der Waals surface area contributed by atoms with Gasteiger partial charge in [-0.1, -0.05) is 0 Å². The summed E-state index contributed by atoms with van der Waals surface area (Å²) in [7, 11) is 10.1. The molecule has 0 amide bonds.